The highest BCUT2D eigenvalue weighted by atomic mass is 19.1. The molecule has 104 valence electrons. The third-order valence-electron chi connectivity index (χ3n) is 3.44. The van der Waals surface area contributed by atoms with Gasteiger partial charge in [-0.15, -0.1) is 0 Å². The Morgan fingerprint density at radius 3 is 2.63 bits per heavy atom. The van der Waals surface area contributed by atoms with Gasteiger partial charge >= 0.3 is 0 Å². The quantitative estimate of drug-likeness (QED) is 0.900. The third kappa shape index (κ3) is 2.28. The van der Waals surface area contributed by atoms with Crippen molar-refractivity contribution in [2.75, 3.05) is 26.8 Å². The first kappa shape index (κ1) is 13.7. The molecule has 1 heterocycles. The minimum Gasteiger partial charge on any atom is -0.383 e. The fraction of sp³-hybridized carbons (Fsp3) is 0.462. The van der Waals surface area contributed by atoms with Crippen molar-refractivity contribution in [3.63, 3.8) is 0 Å². The molecule has 0 saturated heterocycles. The van der Waals surface area contributed by atoms with Gasteiger partial charge in [-0.25, -0.2) is 8.78 Å². The summed E-state index contributed by atoms with van der Waals surface area (Å²) >= 11 is 0. The molecule has 0 aliphatic carbocycles. The fourth-order valence-electron chi connectivity index (χ4n) is 2.43. The number of guanidine groups is 1. The molecule has 1 aliphatic rings. The van der Waals surface area contributed by atoms with Crippen LogP contribution in [0, 0.1) is 11.6 Å². The van der Waals surface area contributed by atoms with Crippen molar-refractivity contribution >= 4 is 5.96 Å². The van der Waals surface area contributed by atoms with Crippen LogP contribution in [0.5, 0.6) is 0 Å². The maximum absolute atomic E-state index is 14.0. The molecule has 1 unspecified atom stereocenters. The van der Waals surface area contributed by atoms with Crippen molar-refractivity contribution in [1.82, 2.24) is 4.90 Å². The first-order valence-electron chi connectivity index (χ1n) is 6.01. The number of halogens is 2. The zero-order valence-electron chi connectivity index (χ0n) is 11.0. The Morgan fingerprint density at radius 1 is 1.42 bits per heavy atom. The van der Waals surface area contributed by atoms with Crippen LogP contribution in [0.4, 0.5) is 8.78 Å². The van der Waals surface area contributed by atoms with Gasteiger partial charge in [0.2, 0.25) is 0 Å². The average Bonchev–Trinajstić information content (AvgIpc) is 2.63. The van der Waals surface area contributed by atoms with E-state index in [2.05, 4.69) is 4.99 Å². The maximum Gasteiger partial charge on any atom is 0.192 e. The van der Waals surface area contributed by atoms with Gasteiger partial charge in [-0.1, -0.05) is 6.07 Å². The Labute approximate surface area is 110 Å². The SMILES string of the molecule is COCCN1C(N)=NCC1(C)c1c(F)cccc1F. The van der Waals surface area contributed by atoms with Crippen LogP contribution in [-0.4, -0.2) is 37.7 Å². The van der Waals surface area contributed by atoms with Crippen LogP contribution in [0.25, 0.3) is 0 Å². The van der Waals surface area contributed by atoms with E-state index in [4.69, 9.17) is 10.5 Å². The number of hydrogen-bond acceptors (Lipinski definition) is 4. The number of benzene rings is 1. The van der Waals surface area contributed by atoms with E-state index >= 15 is 0 Å². The molecule has 1 aliphatic heterocycles. The van der Waals surface area contributed by atoms with Crippen LogP contribution < -0.4 is 5.73 Å². The zero-order valence-corrected chi connectivity index (χ0v) is 11.0. The second-order valence-electron chi connectivity index (χ2n) is 4.69. The van der Waals surface area contributed by atoms with E-state index in [-0.39, 0.29) is 18.1 Å². The predicted octanol–water partition coefficient (Wildman–Crippen LogP) is 1.46. The summed E-state index contributed by atoms with van der Waals surface area (Å²) in [5.74, 6) is -0.896. The monoisotopic (exact) mass is 269 g/mol. The van der Waals surface area contributed by atoms with Gasteiger partial charge in [0.15, 0.2) is 5.96 Å². The number of nitrogens with two attached hydrogens (primary N) is 1. The van der Waals surface area contributed by atoms with Gasteiger partial charge in [0.25, 0.3) is 0 Å². The fourth-order valence-corrected chi connectivity index (χ4v) is 2.43. The van der Waals surface area contributed by atoms with Gasteiger partial charge < -0.3 is 15.4 Å². The summed E-state index contributed by atoms with van der Waals surface area (Å²) in [6, 6.07) is 3.83. The lowest BCUT2D eigenvalue weighted by molar-refractivity contribution is 0.133. The van der Waals surface area contributed by atoms with Crippen molar-refractivity contribution in [3.05, 3.63) is 35.4 Å². The molecular weight excluding hydrogens is 252 g/mol. The lowest BCUT2D eigenvalue weighted by Gasteiger charge is -2.36. The summed E-state index contributed by atoms with van der Waals surface area (Å²) in [6.07, 6.45) is 0. The Kier molecular flexibility index (Phi) is 3.71. The normalized spacial score (nSPS) is 22.7. The molecule has 0 bridgehead atoms. The molecule has 0 saturated carbocycles. The standard InChI is InChI=1S/C13H17F2N3O/c1-13(11-9(14)4-3-5-10(11)15)8-17-12(16)18(13)6-7-19-2/h3-5H,6-8H2,1-2H3,(H2,16,17). The van der Waals surface area contributed by atoms with Gasteiger partial charge in [-0.3, -0.25) is 4.99 Å². The molecule has 0 aromatic heterocycles. The van der Waals surface area contributed by atoms with E-state index in [1.54, 1.807) is 18.9 Å². The van der Waals surface area contributed by atoms with Crippen LogP contribution in [0.2, 0.25) is 0 Å². The molecule has 0 spiro atoms. The maximum atomic E-state index is 14.0. The molecule has 0 amide bonds. The summed E-state index contributed by atoms with van der Waals surface area (Å²) in [7, 11) is 1.56. The first-order valence-corrected chi connectivity index (χ1v) is 6.01. The molecule has 1 aromatic rings. The minimum atomic E-state index is -0.919. The number of hydrogen-bond donors (Lipinski definition) is 1. The molecule has 0 radical (unpaired) electrons. The van der Waals surface area contributed by atoms with Crippen molar-refractivity contribution in [2.24, 2.45) is 10.7 Å². The van der Waals surface area contributed by atoms with E-state index in [1.807, 2.05) is 0 Å². The summed E-state index contributed by atoms with van der Waals surface area (Å²) in [5, 5.41) is 0. The van der Waals surface area contributed by atoms with Crippen molar-refractivity contribution in [1.29, 1.82) is 0 Å². The van der Waals surface area contributed by atoms with Crippen LogP contribution in [-0.2, 0) is 10.3 Å². The van der Waals surface area contributed by atoms with E-state index < -0.39 is 17.2 Å². The number of aliphatic imine (C=N–C) groups is 1. The Hall–Kier alpha value is -1.69. The van der Waals surface area contributed by atoms with E-state index in [1.165, 1.54) is 18.2 Å². The number of methoxy groups -OCH3 is 1. The lowest BCUT2D eigenvalue weighted by atomic mass is 9.90. The second-order valence-corrected chi connectivity index (χ2v) is 4.69. The van der Waals surface area contributed by atoms with E-state index in [9.17, 15) is 8.78 Å². The smallest absolute Gasteiger partial charge is 0.192 e. The highest BCUT2D eigenvalue weighted by Crippen LogP contribution is 2.35. The number of nitrogens with zero attached hydrogens (tertiary/aromatic N) is 2. The number of rotatable bonds is 4. The molecule has 19 heavy (non-hydrogen) atoms. The van der Waals surface area contributed by atoms with Crippen LogP contribution >= 0.6 is 0 Å². The summed E-state index contributed by atoms with van der Waals surface area (Å²) in [5.41, 5.74) is 4.89. The highest BCUT2D eigenvalue weighted by molar-refractivity contribution is 5.81. The molecule has 6 heteroatoms. The largest absolute Gasteiger partial charge is 0.383 e. The van der Waals surface area contributed by atoms with Crippen LogP contribution in [0.3, 0.4) is 0 Å². The molecule has 2 N–H and O–H groups in total. The van der Waals surface area contributed by atoms with Gasteiger partial charge in [0, 0.05) is 13.7 Å². The summed E-state index contributed by atoms with van der Waals surface area (Å²) in [6.45, 7) is 2.78. The van der Waals surface area contributed by atoms with Crippen LogP contribution in [0.1, 0.15) is 12.5 Å². The minimum absolute atomic E-state index is 0.00435. The molecular formula is C13H17F2N3O. The lowest BCUT2D eigenvalue weighted by Crippen LogP contribution is -2.49. The molecule has 0 fully saturated rings. The molecule has 1 atom stereocenters. The molecule has 2 rings (SSSR count). The third-order valence-corrected chi connectivity index (χ3v) is 3.44. The molecule has 1 aromatic carbocycles. The highest BCUT2D eigenvalue weighted by Gasteiger charge is 2.42. The Balaban J connectivity index is 2.41. The Morgan fingerprint density at radius 2 is 2.05 bits per heavy atom. The van der Waals surface area contributed by atoms with Gasteiger partial charge in [0.1, 0.15) is 11.6 Å². The van der Waals surface area contributed by atoms with Gasteiger partial charge in [-0.2, -0.15) is 0 Å². The van der Waals surface area contributed by atoms with Crippen molar-refractivity contribution in [3.8, 4) is 0 Å². The van der Waals surface area contributed by atoms with Gasteiger partial charge in [0.05, 0.1) is 24.3 Å². The molecule has 4 nitrogen and oxygen atoms in total. The van der Waals surface area contributed by atoms with Crippen LogP contribution in [0.15, 0.2) is 23.2 Å². The zero-order chi connectivity index (χ0) is 14.0. The van der Waals surface area contributed by atoms with Crippen molar-refractivity contribution < 1.29 is 13.5 Å². The predicted molar refractivity (Wildman–Crippen MR) is 68.8 cm³/mol. The average molecular weight is 269 g/mol. The van der Waals surface area contributed by atoms with E-state index in [0.29, 0.717) is 13.2 Å². The van der Waals surface area contributed by atoms with E-state index in [0.717, 1.165) is 0 Å². The summed E-state index contributed by atoms with van der Waals surface area (Å²) < 4.78 is 33.0. The topological polar surface area (TPSA) is 50.9 Å². The second kappa shape index (κ2) is 5.13. The number of ether oxygens (including phenoxy) is 1. The van der Waals surface area contributed by atoms with Crippen molar-refractivity contribution in [2.45, 2.75) is 12.5 Å². The Bertz CT molecular complexity index is 486. The summed E-state index contributed by atoms with van der Waals surface area (Å²) in [4.78, 5) is 5.79. The first-order chi connectivity index (χ1) is 9.00. The van der Waals surface area contributed by atoms with Gasteiger partial charge in [-0.05, 0) is 19.1 Å².